The van der Waals surface area contributed by atoms with Gasteiger partial charge in [-0.1, -0.05) is 36.4 Å². The van der Waals surface area contributed by atoms with Crippen LogP contribution in [0.4, 0.5) is 0 Å². The Labute approximate surface area is 149 Å². The Balaban J connectivity index is 1.54. The molecule has 0 aliphatic carbocycles. The summed E-state index contributed by atoms with van der Waals surface area (Å²) < 4.78 is 0. The number of nitrogens with zero attached hydrogens (tertiary/aromatic N) is 1. The molecule has 0 fully saturated rings. The topological polar surface area (TPSA) is 69.0 Å². The van der Waals surface area contributed by atoms with Crippen molar-refractivity contribution < 1.29 is 4.79 Å². The molecule has 5 nitrogen and oxygen atoms in total. The average molecular weight is 343 g/mol. The van der Waals surface area contributed by atoms with Gasteiger partial charge in [0.05, 0.1) is 0 Å². The van der Waals surface area contributed by atoms with Crippen molar-refractivity contribution >= 4 is 27.7 Å². The fourth-order valence-corrected chi connectivity index (χ4v) is 3.82. The van der Waals surface area contributed by atoms with Gasteiger partial charge in [0.1, 0.15) is 5.56 Å². The molecule has 5 rings (SSSR count). The molecule has 2 aromatic heterocycles. The maximum Gasteiger partial charge on any atom is 0.261 e. The van der Waals surface area contributed by atoms with Gasteiger partial charge in [-0.2, -0.15) is 0 Å². The number of H-pyrrole nitrogens is 2. The number of aromatic amines is 2. The van der Waals surface area contributed by atoms with Gasteiger partial charge >= 0.3 is 0 Å². The number of hydrogen-bond donors (Lipinski definition) is 2. The summed E-state index contributed by atoms with van der Waals surface area (Å²) in [7, 11) is 0. The molecule has 2 N–H and O–H groups in total. The van der Waals surface area contributed by atoms with Crippen LogP contribution < -0.4 is 5.56 Å². The second kappa shape index (κ2) is 5.59. The van der Waals surface area contributed by atoms with Gasteiger partial charge in [0, 0.05) is 47.2 Å². The number of carbonyl (C=O) groups excluding carboxylic acids is 1. The van der Waals surface area contributed by atoms with E-state index in [1.54, 1.807) is 11.0 Å². The fraction of sp³-hybridized carbons (Fsp3) is 0.143. The minimum atomic E-state index is -0.335. The third-order valence-corrected chi connectivity index (χ3v) is 5.15. The van der Waals surface area contributed by atoms with Crippen molar-refractivity contribution in [2.75, 3.05) is 6.54 Å². The van der Waals surface area contributed by atoms with Crippen molar-refractivity contribution in [1.29, 1.82) is 0 Å². The van der Waals surface area contributed by atoms with Crippen LogP contribution in [0.5, 0.6) is 0 Å². The van der Waals surface area contributed by atoms with Crippen molar-refractivity contribution in [3.8, 4) is 0 Å². The van der Waals surface area contributed by atoms with E-state index in [4.69, 9.17) is 0 Å². The predicted octanol–water partition coefficient (Wildman–Crippen LogP) is 3.21. The van der Waals surface area contributed by atoms with Gasteiger partial charge in [-0.25, -0.2) is 0 Å². The number of hydrogen-bond acceptors (Lipinski definition) is 2. The molecule has 0 spiro atoms. The predicted molar refractivity (Wildman–Crippen MR) is 101 cm³/mol. The fourth-order valence-electron chi connectivity index (χ4n) is 3.82. The Kier molecular flexibility index (Phi) is 3.22. The summed E-state index contributed by atoms with van der Waals surface area (Å²) in [5.74, 6) is -0.215. The summed E-state index contributed by atoms with van der Waals surface area (Å²) in [4.78, 5) is 33.5. The molecule has 26 heavy (non-hydrogen) atoms. The maximum absolute atomic E-state index is 13.0. The number of benzene rings is 2. The van der Waals surface area contributed by atoms with E-state index in [1.807, 2.05) is 42.5 Å². The van der Waals surface area contributed by atoms with Gasteiger partial charge in [-0.3, -0.25) is 9.59 Å². The zero-order chi connectivity index (χ0) is 17.7. The van der Waals surface area contributed by atoms with Gasteiger partial charge in [0.2, 0.25) is 0 Å². The van der Waals surface area contributed by atoms with E-state index in [1.165, 1.54) is 5.69 Å². The highest BCUT2D eigenvalue weighted by molar-refractivity contribution is 5.97. The van der Waals surface area contributed by atoms with Crippen molar-refractivity contribution in [1.82, 2.24) is 14.9 Å². The number of para-hydroxylation sites is 2. The molecule has 0 atom stereocenters. The highest BCUT2D eigenvalue weighted by Crippen LogP contribution is 2.28. The molecule has 128 valence electrons. The van der Waals surface area contributed by atoms with Crippen LogP contribution in [-0.4, -0.2) is 27.3 Å². The minimum Gasteiger partial charge on any atom is -0.358 e. The van der Waals surface area contributed by atoms with Crippen molar-refractivity contribution in [3.63, 3.8) is 0 Å². The van der Waals surface area contributed by atoms with Crippen LogP contribution in [0.3, 0.4) is 0 Å². The largest absolute Gasteiger partial charge is 0.358 e. The SMILES string of the molecule is O=C(c1cc2ccccc2[nH]c1=O)N1CCc2[nH]c3ccccc3c2C1. The van der Waals surface area contributed by atoms with Crippen molar-refractivity contribution in [2.24, 2.45) is 0 Å². The molecule has 0 saturated carbocycles. The lowest BCUT2D eigenvalue weighted by molar-refractivity contribution is 0.0733. The molecular formula is C21H17N3O2. The number of amides is 1. The van der Waals surface area contributed by atoms with Crippen LogP contribution in [0, 0.1) is 0 Å². The molecule has 5 heteroatoms. The molecule has 0 saturated heterocycles. The monoisotopic (exact) mass is 343 g/mol. The normalized spacial score (nSPS) is 13.9. The first-order chi connectivity index (χ1) is 12.7. The van der Waals surface area contributed by atoms with Gasteiger partial charge in [-0.05, 0) is 23.6 Å². The van der Waals surface area contributed by atoms with Gasteiger partial charge in [0.25, 0.3) is 11.5 Å². The maximum atomic E-state index is 13.0. The van der Waals surface area contributed by atoms with Gasteiger partial charge in [0.15, 0.2) is 0 Å². The molecule has 4 aromatic rings. The third-order valence-electron chi connectivity index (χ3n) is 5.15. The van der Waals surface area contributed by atoms with Gasteiger partial charge < -0.3 is 14.9 Å². The highest BCUT2D eigenvalue weighted by Gasteiger charge is 2.26. The number of rotatable bonds is 1. The van der Waals surface area contributed by atoms with E-state index in [-0.39, 0.29) is 17.0 Å². The Morgan fingerprint density at radius 2 is 1.73 bits per heavy atom. The zero-order valence-corrected chi connectivity index (χ0v) is 14.1. The quantitative estimate of drug-likeness (QED) is 0.557. The Morgan fingerprint density at radius 3 is 2.62 bits per heavy atom. The van der Waals surface area contributed by atoms with Crippen LogP contribution >= 0.6 is 0 Å². The summed E-state index contributed by atoms with van der Waals surface area (Å²) in [5.41, 5.74) is 4.03. The lowest BCUT2D eigenvalue weighted by atomic mass is 10.0. The van der Waals surface area contributed by atoms with E-state index in [0.29, 0.717) is 13.1 Å². The van der Waals surface area contributed by atoms with Crippen LogP contribution in [0.25, 0.3) is 21.8 Å². The second-order valence-corrected chi connectivity index (χ2v) is 6.70. The summed E-state index contributed by atoms with van der Waals surface area (Å²) in [6, 6.07) is 17.3. The highest BCUT2D eigenvalue weighted by atomic mass is 16.2. The van der Waals surface area contributed by atoms with E-state index >= 15 is 0 Å². The standard InChI is InChI=1S/C21H17N3O2/c25-20-15(11-13-5-1-3-7-17(13)23-20)21(26)24-10-9-19-16(12-24)14-6-2-4-8-18(14)22-19/h1-8,11,22H,9-10,12H2,(H,23,25). The molecule has 1 aliphatic rings. The van der Waals surface area contributed by atoms with E-state index in [0.717, 1.165) is 33.8 Å². The van der Waals surface area contributed by atoms with E-state index < -0.39 is 0 Å². The number of fused-ring (bicyclic) bond motifs is 4. The van der Waals surface area contributed by atoms with Crippen LogP contribution in [0.2, 0.25) is 0 Å². The molecule has 0 radical (unpaired) electrons. The van der Waals surface area contributed by atoms with Crippen LogP contribution in [-0.2, 0) is 13.0 Å². The molecule has 1 amide bonds. The lowest BCUT2D eigenvalue weighted by Gasteiger charge is -2.27. The van der Waals surface area contributed by atoms with Gasteiger partial charge in [-0.15, -0.1) is 0 Å². The van der Waals surface area contributed by atoms with Crippen molar-refractivity contribution in [3.05, 3.63) is 81.8 Å². The molecule has 0 bridgehead atoms. The van der Waals surface area contributed by atoms with E-state index in [9.17, 15) is 9.59 Å². The first-order valence-electron chi connectivity index (χ1n) is 8.70. The smallest absolute Gasteiger partial charge is 0.261 e. The minimum absolute atomic E-state index is 0.201. The second-order valence-electron chi connectivity index (χ2n) is 6.70. The molecule has 3 heterocycles. The first-order valence-corrected chi connectivity index (χ1v) is 8.70. The molecule has 1 aliphatic heterocycles. The number of carbonyl (C=O) groups is 1. The Morgan fingerprint density at radius 1 is 0.962 bits per heavy atom. The summed E-state index contributed by atoms with van der Waals surface area (Å²) in [5, 5.41) is 2.01. The number of aromatic nitrogens is 2. The Bertz CT molecular complexity index is 1220. The average Bonchev–Trinajstić information content (AvgIpc) is 3.05. The number of pyridine rings is 1. The first kappa shape index (κ1) is 15.0. The zero-order valence-electron chi connectivity index (χ0n) is 14.1. The summed E-state index contributed by atoms with van der Waals surface area (Å²) >= 11 is 0. The van der Waals surface area contributed by atoms with Crippen LogP contribution in [0.15, 0.2) is 59.4 Å². The van der Waals surface area contributed by atoms with Crippen LogP contribution in [0.1, 0.15) is 21.6 Å². The lowest BCUT2D eigenvalue weighted by Crippen LogP contribution is -2.38. The summed E-state index contributed by atoms with van der Waals surface area (Å²) in [6.45, 7) is 1.12. The third kappa shape index (κ3) is 2.24. The number of nitrogens with one attached hydrogen (secondary N) is 2. The summed E-state index contributed by atoms with van der Waals surface area (Å²) in [6.07, 6.45) is 0.765. The van der Waals surface area contributed by atoms with Crippen molar-refractivity contribution in [2.45, 2.75) is 13.0 Å². The molecular weight excluding hydrogens is 326 g/mol. The molecule has 2 aromatic carbocycles. The van der Waals surface area contributed by atoms with E-state index in [2.05, 4.69) is 16.0 Å². The molecule has 0 unspecified atom stereocenters. The Hall–Kier alpha value is -3.34.